The summed E-state index contributed by atoms with van der Waals surface area (Å²) in [5.74, 6) is -0.274. The van der Waals surface area contributed by atoms with E-state index >= 15 is 0 Å². The van der Waals surface area contributed by atoms with Crippen molar-refractivity contribution in [1.29, 1.82) is 0 Å². The van der Waals surface area contributed by atoms with E-state index in [1.54, 1.807) is 6.92 Å². The summed E-state index contributed by atoms with van der Waals surface area (Å²) in [6.07, 6.45) is 1.30. The van der Waals surface area contributed by atoms with E-state index in [0.717, 1.165) is 34.2 Å². The second-order valence-electron chi connectivity index (χ2n) is 9.44. The van der Waals surface area contributed by atoms with Crippen molar-refractivity contribution >= 4 is 17.7 Å². The summed E-state index contributed by atoms with van der Waals surface area (Å²) in [6, 6.07) is 25.0. The fraction of sp³-hybridized carbons (Fsp3) is 0.233. The van der Waals surface area contributed by atoms with Crippen LogP contribution in [0.3, 0.4) is 0 Å². The molecule has 4 aromatic rings. The van der Waals surface area contributed by atoms with Crippen LogP contribution in [-0.2, 0) is 14.9 Å². The molecule has 1 heterocycles. The molecule has 7 heteroatoms. The van der Waals surface area contributed by atoms with Crippen LogP contribution in [0.15, 0.2) is 83.4 Å². The lowest BCUT2D eigenvalue weighted by molar-refractivity contribution is -0.147. The summed E-state index contributed by atoms with van der Waals surface area (Å²) in [4.78, 5) is 24.4. The summed E-state index contributed by atoms with van der Waals surface area (Å²) < 4.78 is 10.9. The lowest BCUT2D eigenvalue weighted by Crippen LogP contribution is -2.42. The second-order valence-corrected chi connectivity index (χ2v) is 9.44. The lowest BCUT2D eigenvalue weighted by Gasteiger charge is -2.38. The molecule has 1 unspecified atom stereocenters. The number of carboxylic acids is 1. The van der Waals surface area contributed by atoms with Crippen molar-refractivity contribution in [3.63, 3.8) is 0 Å². The van der Waals surface area contributed by atoms with Gasteiger partial charge in [-0.1, -0.05) is 90.4 Å². The highest BCUT2D eigenvalue weighted by Gasteiger charge is 2.45. The van der Waals surface area contributed by atoms with Crippen LogP contribution in [-0.4, -0.2) is 22.3 Å². The molecule has 0 spiro atoms. The SMILES string of the molecule is Cc1onc(-c2ccc(-c3ccc(C4(C(=O)O)CCC4)cc3)cc2)c1NC(=O)OC(C)c1ccccc1. The van der Waals surface area contributed by atoms with E-state index in [-0.39, 0.29) is 0 Å². The van der Waals surface area contributed by atoms with Gasteiger partial charge in [-0.2, -0.15) is 0 Å². The number of hydrogen-bond donors (Lipinski definition) is 2. The van der Waals surface area contributed by atoms with Gasteiger partial charge in [0.15, 0.2) is 5.76 Å². The Kier molecular flexibility index (Phi) is 6.53. The van der Waals surface area contributed by atoms with Crippen LogP contribution in [0.1, 0.15) is 49.2 Å². The van der Waals surface area contributed by atoms with Gasteiger partial charge in [0.05, 0.1) is 5.41 Å². The second kappa shape index (κ2) is 9.93. The van der Waals surface area contributed by atoms with Gasteiger partial charge in [-0.25, -0.2) is 4.79 Å². The Bertz CT molecular complexity index is 1400. The van der Waals surface area contributed by atoms with Gasteiger partial charge >= 0.3 is 12.1 Å². The van der Waals surface area contributed by atoms with Gasteiger partial charge < -0.3 is 14.4 Å². The Hall–Kier alpha value is -4.39. The molecular weight excluding hydrogens is 468 g/mol. The maximum Gasteiger partial charge on any atom is 0.412 e. The predicted molar refractivity (Wildman–Crippen MR) is 140 cm³/mol. The third kappa shape index (κ3) is 4.72. The fourth-order valence-electron chi connectivity index (χ4n) is 4.76. The van der Waals surface area contributed by atoms with Crippen LogP contribution in [0.25, 0.3) is 22.4 Å². The number of aliphatic carboxylic acids is 1. The first-order valence-corrected chi connectivity index (χ1v) is 12.3. The molecule has 3 aromatic carbocycles. The van der Waals surface area contributed by atoms with E-state index in [1.165, 1.54) is 0 Å². The maximum atomic E-state index is 12.6. The number of rotatable bonds is 7. The van der Waals surface area contributed by atoms with Gasteiger partial charge in [-0.15, -0.1) is 0 Å². The molecule has 1 aromatic heterocycles. The van der Waals surface area contributed by atoms with Crippen molar-refractivity contribution in [3.8, 4) is 22.4 Å². The zero-order valence-corrected chi connectivity index (χ0v) is 20.7. The molecule has 7 nitrogen and oxygen atoms in total. The van der Waals surface area contributed by atoms with Crippen LogP contribution in [0, 0.1) is 6.92 Å². The number of carbonyl (C=O) groups is 2. The highest BCUT2D eigenvalue weighted by molar-refractivity contribution is 5.91. The first-order valence-electron chi connectivity index (χ1n) is 12.3. The lowest BCUT2D eigenvalue weighted by atomic mass is 9.64. The first kappa shape index (κ1) is 24.3. The highest BCUT2D eigenvalue weighted by Crippen LogP contribution is 2.44. The van der Waals surface area contributed by atoms with E-state index < -0.39 is 23.6 Å². The number of carbonyl (C=O) groups excluding carboxylic acids is 1. The van der Waals surface area contributed by atoms with Crippen molar-refractivity contribution in [2.45, 2.75) is 44.6 Å². The zero-order valence-electron chi connectivity index (χ0n) is 20.7. The van der Waals surface area contributed by atoms with Gasteiger partial charge in [-0.05, 0) is 48.9 Å². The van der Waals surface area contributed by atoms with Crippen molar-refractivity contribution in [3.05, 3.63) is 95.7 Å². The molecule has 0 aliphatic heterocycles. The molecule has 1 aliphatic rings. The molecule has 0 radical (unpaired) electrons. The molecular formula is C30H28N2O5. The topological polar surface area (TPSA) is 102 Å². The number of amides is 1. The fourth-order valence-corrected chi connectivity index (χ4v) is 4.76. The summed E-state index contributed by atoms with van der Waals surface area (Å²) in [5, 5.41) is 16.6. The van der Waals surface area contributed by atoms with Gasteiger partial charge in [0.25, 0.3) is 0 Å². The Balaban J connectivity index is 1.30. The maximum absolute atomic E-state index is 12.6. The van der Waals surface area contributed by atoms with Gasteiger partial charge in [0.2, 0.25) is 0 Å². The summed E-state index contributed by atoms with van der Waals surface area (Å²) in [5.41, 5.74) is 4.74. The number of benzene rings is 3. The Morgan fingerprint density at radius 2 is 1.54 bits per heavy atom. The van der Waals surface area contributed by atoms with Gasteiger partial charge in [0.1, 0.15) is 17.5 Å². The van der Waals surface area contributed by atoms with Gasteiger partial charge in [-0.3, -0.25) is 10.1 Å². The molecule has 1 aliphatic carbocycles. The molecule has 188 valence electrons. The zero-order chi connectivity index (χ0) is 26.0. The molecule has 1 atom stereocenters. The average molecular weight is 497 g/mol. The number of carboxylic acid groups (broad SMARTS) is 1. The molecule has 37 heavy (non-hydrogen) atoms. The number of hydrogen-bond acceptors (Lipinski definition) is 5. The molecule has 1 saturated carbocycles. The first-order chi connectivity index (χ1) is 17.9. The van der Waals surface area contributed by atoms with Crippen LogP contribution in [0.5, 0.6) is 0 Å². The third-order valence-corrected chi connectivity index (χ3v) is 7.19. The minimum absolute atomic E-state index is 0.412. The quantitative estimate of drug-likeness (QED) is 0.282. The largest absolute Gasteiger partial charge is 0.481 e. The molecule has 0 bridgehead atoms. The van der Waals surface area contributed by atoms with Gasteiger partial charge in [0, 0.05) is 5.56 Å². The van der Waals surface area contributed by atoms with Crippen molar-refractivity contribution in [1.82, 2.24) is 5.16 Å². The minimum Gasteiger partial charge on any atom is -0.481 e. The number of anilines is 1. The number of aromatic nitrogens is 1. The molecule has 1 amide bonds. The Labute approximate surface area is 215 Å². The molecule has 0 saturated heterocycles. The summed E-state index contributed by atoms with van der Waals surface area (Å²) in [7, 11) is 0. The van der Waals surface area contributed by atoms with Crippen molar-refractivity contribution in [2.75, 3.05) is 5.32 Å². The van der Waals surface area contributed by atoms with Crippen LogP contribution in [0.4, 0.5) is 10.5 Å². The standard InChI is InChI=1S/C30H28N2O5/c1-19(21-7-4-3-5-8-21)36-29(35)31-26-20(2)37-32-27(26)24-11-9-22(10-12-24)23-13-15-25(16-14-23)30(28(33)34)17-6-18-30/h3-5,7-16,19H,6,17-18H2,1-2H3,(H,31,35)(H,33,34). The highest BCUT2D eigenvalue weighted by atomic mass is 16.6. The van der Waals surface area contributed by atoms with E-state index in [9.17, 15) is 14.7 Å². The number of nitrogens with one attached hydrogen (secondary N) is 1. The number of nitrogens with zero attached hydrogens (tertiary/aromatic N) is 1. The smallest absolute Gasteiger partial charge is 0.412 e. The Morgan fingerprint density at radius 1 is 0.946 bits per heavy atom. The Morgan fingerprint density at radius 3 is 2.11 bits per heavy atom. The third-order valence-electron chi connectivity index (χ3n) is 7.19. The van der Waals surface area contributed by atoms with Crippen LogP contribution in [0.2, 0.25) is 0 Å². The monoisotopic (exact) mass is 496 g/mol. The van der Waals surface area contributed by atoms with Crippen LogP contribution < -0.4 is 5.32 Å². The van der Waals surface area contributed by atoms with E-state index in [0.29, 0.717) is 30.0 Å². The molecule has 5 rings (SSSR count). The van der Waals surface area contributed by atoms with Crippen LogP contribution >= 0.6 is 0 Å². The van der Waals surface area contributed by atoms with E-state index in [4.69, 9.17) is 9.26 Å². The van der Waals surface area contributed by atoms with E-state index in [1.807, 2.05) is 85.8 Å². The molecule has 1 fully saturated rings. The molecule has 2 N–H and O–H groups in total. The minimum atomic E-state index is -0.749. The number of aryl methyl sites for hydroxylation is 1. The summed E-state index contributed by atoms with van der Waals surface area (Å²) >= 11 is 0. The number of ether oxygens (including phenoxy) is 1. The normalized spacial score (nSPS) is 14.9. The van der Waals surface area contributed by atoms with Crippen molar-refractivity contribution < 1.29 is 24.0 Å². The van der Waals surface area contributed by atoms with Crippen molar-refractivity contribution in [2.24, 2.45) is 0 Å². The van der Waals surface area contributed by atoms with E-state index in [2.05, 4.69) is 10.5 Å². The predicted octanol–water partition coefficient (Wildman–Crippen LogP) is 7.13. The summed E-state index contributed by atoms with van der Waals surface area (Å²) in [6.45, 7) is 3.55. The average Bonchev–Trinajstić information content (AvgIpc) is 3.24.